The molecule has 0 fully saturated rings. The standard InChI is InChI=1S/C16H19NO4S/c1-12-5-4-6-16(7-12)22(18,19)17-11-13-8-14(20-2)10-15(9-13)21-3/h4-10,17H,11H2,1-3H3. The molecule has 0 saturated heterocycles. The van der Waals surface area contributed by atoms with Crippen LogP contribution >= 0.6 is 0 Å². The average molecular weight is 321 g/mol. The Kier molecular flexibility index (Phi) is 5.05. The van der Waals surface area contributed by atoms with Gasteiger partial charge in [0, 0.05) is 12.6 Å². The highest BCUT2D eigenvalue weighted by Crippen LogP contribution is 2.22. The number of methoxy groups -OCH3 is 2. The van der Waals surface area contributed by atoms with Gasteiger partial charge in [0.25, 0.3) is 0 Å². The Morgan fingerprint density at radius 3 is 2.18 bits per heavy atom. The predicted octanol–water partition coefficient (Wildman–Crippen LogP) is 2.49. The van der Waals surface area contributed by atoms with Gasteiger partial charge in [-0.2, -0.15) is 0 Å². The number of aryl methyl sites for hydroxylation is 1. The quantitative estimate of drug-likeness (QED) is 0.888. The smallest absolute Gasteiger partial charge is 0.240 e. The minimum atomic E-state index is -3.55. The van der Waals surface area contributed by atoms with Crippen molar-refractivity contribution in [2.75, 3.05) is 14.2 Å². The fourth-order valence-corrected chi connectivity index (χ4v) is 3.13. The van der Waals surface area contributed by atoms with E-state index in [-0.39, 0.29) is 11.4 Å². The van der Waals surface area contributed by atoms with Crippen LogP contribution in [0.4, 0.5) is 0 Å². The Hall–Kier alpha value is -2.05. The fraction of sp³-hybridized carbons (Fsp3) is 0.250. The summed E-state index contributed by atoms with van der Waals surface area (Å²) in [4.78, 5) is 0.252. The monoisotopic (exact) mass is 321 g/mol. The summed E-state index contributed by atoms with van der Waals surface area (Å²) in [7, 11) is -0.450. The lowest BCUT2D eigenvalue weighted by atomic mass is 10.2. The molecule has 2 aromatic rings. The first kappa shape index (κ1) is 16.3. The molecule has 0 amide bonds. The van der Waals surface area contributed by atoms with Crippen LogP contribution in [0.25, 0.3) is 0 Å². The molecule has 0 spiro atoms. The van der Waals surface area contributed by atoms with E-state index in [1.165, 1.54) is 0 Å². The summed E-state index contributed by atoms with van der Waals surface area (Å²) in [5.41, 5.74) is 1.65. The predicted molar refractivity (Wildman–Crippen MR) is 84.8 cm³/mol. The van der Waals surface area contributed by atoms with Crippen molar-refractivity contribution in [2.45, 2.75) is 18.4 Å². The highest BCUT2D eigenvalue weighted by molar-refractivity contribution is 7.89. The molecule has 6 heteroatoms. The van der Waals surface area contributed by atoms with Crippen LogP contribution in [0, 0.1) is 6.92 Å². The van der Waals surface area contributed by atoms with Crippen LogP contribution in [0.1, 0.15) is 11.1 Å². The zero-order valence-electron chi connectivity index (χ0n) is 12.8. The van der Waals surface area contributed by atoms with E-state index in [1.807, 2.05) is 13.0 Å². The van der Waals surface area contributed by atoms with E-state index in [4.69, 9.17) is 9.47 Å². The Balaban J connectivity index is 2.18. The van der Waals surface area contributed by atoms with Gasteiger partial charge in [-0.15, -0.1) is 0 Å². The molecule has 0 heterocycles. The third-order valence-corrected chi connectivity index (χ3v) is 4.58. The molecule has 118 valence electrons. The van der Waals surface area contributed by atoms with Crippen LogP contribution in [0.2, 0.25) is 0 Å². The number of benzene rings is 2. The lowest BCUT2D eigenvalue weighted by Gasteiger charge is -2.10. The second-order valence-electron chi connectivity index (χ2n) is 4.86. The molecule has 0 aliphatic heterocycles. The lowest BCUT2D eigenvalue weighted by Crippen LogP contribution is -2.23. The van der Waals surface area contributed by atoms with Gasteiger partial charge in [-0.1, -0.05) is 12.1 Å². The fourth-order valence-electron chi connectivity index (χ4n) is 2.01. The van der Waals surface area contributed by atoms with E-state index in [1.54, 1.807) is 50.6 Å². The molecule has 0 aliphatic rings. The third kappa shape index (κ3) is 3.99. The van der Waals surface area contributed by atoms with Crippen LogP contribution in [0.5, 0.6) is 11.5 Å². The highest BCUT2D eigenvalue weighted by atomic mass is 32.2. The normalized spacial score (nSPS) is 11.2. The van der Waals surface area contributed by atoms with Gasteiger partial charge >= 0.3 is 0 Å². The first-order chi connectivity index (χ1) is 10.4. The second kappa shape index (κ2) is 6.81. The van der Waals surface area contributed by atoms with Crippen molar-refractivity contribution in [1.82, 2.24) is 4.72 Å². The Bertz CT molecular complexity index is 734. The van der Waals surface area contributed by atoms with Gasteiger partial charge in [0.15, 0.2) is 0 Å². The Morgan fingerprint density at radius 2 is 1.64 bits per heavy atom. The summed E-state index contributed by atoms with van der Waals surface area (Å²) in [6.45, 7) is 2.01. The minimum Gasteiger partial charge on any atom is -0.497 e. The molecule has 0 aliphatic carbocycles. The third-order valence-electron chi connectivity index (χ3n) is 3.18. The van der Waals surface area contributed by atoms with E-state index in [0.717, 1.165) is 11.1 Å². The summed E-state index contributed by atoms with van der Waals surface area (Å²) in [6, 6.07) is 12.0. The van der Waals surface area contributed by atoms with Crippen LogP contribution < -0.4 is 14.2 Å². The SMILES string of the molecule is COc1cc(CNS(=O)(=O)c2cccc(C)c2)cc(OC)c1. The number of ether oxygens (including phenoxy) is 2. The van der Waals surface area contributed by atoms with Crippen molar-refractivity contribution in [3.63, 3.8) is 0 Å². The Labute approximate surface area is 130 Å². The molecule has 0 unspecified atom stereocenters. The Morgan fingerprint density at radius 1 is 1.00 bits per heavy atom. The molecular formula is C16H19NO4S. The first-order valence-electron chi connectivity index (χ1n) is 6.73. The zero-order valence-corrected chi connectivity index (χ0v) is 13.6. The molecule has 0 bridgehead atoms. The van der Waals surface area contributed by atoms with Crippen molar-refractivity contribution < 1.29 is 17.9 Å². The van der Waals surface area contributed by atoms with Gasteiger partial charge in [0.05, 0.1) is 19.1 Å². The number of hydrogen-bond donors (Lipinski definition) is 1. The molecule has 0 saturated carbocycles. The molecular weight excluding hydrogens is 302 g/mol. The molecule has 2 aromatic carbocycles. The number of rotatable bonds is 6. The number of hydrogen-bond acceptors (Lipinski definition) is 4. The molecule has 1 N–H and O–H groups in total. The largest absolute Gasteiger partial charge is 0.497 e. The number of nitrogens with one attached hydrogen (secondary N) is 1. The van der Waals surface area contributed by atoms with Crippen molar-refractivity contribution in [3.8, 4) is 11.5 Å². The highest BCUT2D eigenvalue weighted by Gasteiger charge is 2.14. The summed E-state index contributed by atoms with van der Waals surface area (Å²) < 4.78 is 37.5. The summed E-state index contributed by atoms with van der Waals surface area (Å²) in [5, 5.41) is 0. The maximum Gasteiger partial charge on any atom is 0.240 e. The average Bonchev–Trinajstić information content (AvgIpc) is 2.52. The summed E-state index contributed by atoms with van der Waals surface area (Å²) >= 11 is 0. The van der Waals surface area contributed by atoms with Crippen LogP contribution in [0.3, 0.4) is 0 Å². The molecule has 2 rings (SSSR count). The van der Waals surface area contributed by atoms with Crippen molar-refractivity contribution >= 4 is 10.0 Å². The van der Waals surface area contributed by atoms with Gasteiger partial charge in [-0.25, -0.2) is 13.1 Å². The molecule has 0 radical (unpaired) electrons. The maximum atomic E-state index is 12.3. The first-order valence-corrected chi connectivity index (χ1v) is 8.21. The van der Waals surface area contributed by atoms with E-state index in [9.17, 15) is 8.42 Å². The molecule has 5 nitrogen and oxygen atoms in total. The van der Waals surface area contributed by atoms with Gasteiger partial charge in [-0.05, 0) is 42.3 Å². The molecule has 0 atom stereocenters. The van der Waals surface area contributed by atoms with E-state index < -0.39 is 10.0 Å². The van der Waals surface area contributed by atoms with Crippen LogP contribution in [-0.2, 0) is 16.6 Å². The topological polar surface area (TPSA) is 64.6 Å². The van der Waals surface area contributed by atoms with Gasteiger partial charge < -0.3 is 9.47 Å². The summed E-state index contributed by atoms with van der Waals surface area (Å²) in [6.07, 6.45) is 0. The lowest BCUT2D eigenvalue weighted by molar-refractivity contribution is 0.393. The number of sulfonamides is 1. The summed E-state index contributed by atoms with van der Waals surface area (Å²) in [5.74, 6) is 1.23. The van der Waals surface area contributed by atoms with E-state index in [2.05, 4.69) is 4.72 Å². The zero-order chi connectivity index (χ0) is 16.2. The van der Waals surface area contributed by atoms with Gasteiger partial charge in [0.2, 0.25) is 10.0 Å². The molecule has 22 heavy (non-hydrogen) atoms. The minimum absolute atomic E-state index is 0.157. The van der Waals surface area contributed by atoms with Crippen molar-refractivity contribution in [1.29, 1.82) is 0 Å². The van der Waals surface area contributed by atoms with E-state index in [0.29, 0.717) is 11.5 Å². The van der Waals surface area contributed by atoms with E-state index >= 15 is 0 Å². The van der Waals surface area contributed by atoms with Crippen LogP contribution in [0.15, 0.2) is 47.4 Å². The van der Waals surface area contributed by atoms with Crippen molar-refractivity contribution in [2.24, 2.45) is 0 Å². The van der Waals surface area contributed by atoms with Crippen LogP contribution in [-0.4, -0.2) is 22.6 Å². The second-order valence-corrected chi connectivity index (χ2v) is 6.63. The van der Waals surface area contributed by atoms with Crippen molar-refractivity contribution in [3.05, 3.63) is 53.6 Å². The van der Waals surface area contributed by atoms with Gasteiger partial charge in [0.1, 0.15) is 11.5 Å². The molecule has 0 aromatic heterocycles. The maximum absolute atomic E-state index is 12.3. The van der Waals surface area contributed by atoms with Gasteiger partial charge in [-0.3, -0.25) is 0 Å².